The Morgan fingerprint density at radius 2 is 1.04 bits per heavy atom. The Balaban J connectivity index is 1.07. The summed E-state index contributed by atoms with van der Waals surface area (Å²) >= 11 is 0. The molecule has 0 saturated carbocycles. The van der Waals surface area contributed by atoms with E-state index >= 15 is 0 Å². The zero-order valence-electron chi connectivity index (χ0n) is 29.9. The monoisotopic (exact) mass is 669 g/mol. The molecule has 0 fully saturated rings. The molecule has 2 aliphatic rings. The Hall–Kier alpha value is -6.12. The molecule has 0 aliphatic heterocycles. The largest absolute Gasteiger partial charge is 0.456 e. The van der Waals surface area contributed by atoms with Gasteiger partial charge in [-0.1, -0.05) is 143 Å². The Morgan fingerprint density at radius 3 is 1.88 bits per heavy atom. The van der Waals surface area contributed by atoms with Gasteiger partial charge in [-0.15, -0.1) is 0 Å². The van der Waals surface area contributed by atoms with Gasteiger partial charge in [0, 0.05) is 44.4 Å². The van der Waals surface area contributed by atoms with Gasteiger partial charge in [-0.05, 0) is 98.6 Å². The van der Waals surface area contributed by atoms with Gasteiger partial charge in [0.15, 0.2) is 0 Å². The molecule has 0 unspecified atom stereocenters. The van der Waals surface area contributed by atoms with Crippen LogP contribution in [0.3, 0.4) is 0 Å². The van der Waals surface area contributed by atoms with Crippen LogP contribution in [0, 0.1) is 0 Å². The van der Waals surface area contributed by atoms with Gasteiger partial charge in [-0.2, -0.15) is 0 Å². The zero-order chi connectivity index (χ0) is 35.2. The van der Waals surface area contributed by atoms with Crippen molar-refractivity contribution >= 4 is 28.0 Å². The Bertz CT molecular complexity index is 2680. The minimum atomic E-state index is -0.158. The predicted octanol–water partition coefficient (Wildman–Crippen LogP) is 13.8. The van der Waals surface area contributed by atoms with E-state index in [2.05, 4.69) is 190 Å². The van der Waals surface area contributed by atoms with E-state index in [0.717, 1.165) is 28.4 Å². The van der Waals surface area contributed by atoms with E-state index in [9.17, 15) is 0 Å². The Kier molecular flexibility index (Phi) is 6.60. The van der Waals surface area contributed by atoms with E-state index in [-0.39, 0.29) is 10.8 Å². The molecule has 0 bridgehead atoms. The molecule has 2 aliphatic carbocycles. The SMILES string of the molecule is CC1(C)c2ccccc2-c2cc(N(c3ccc(-c4ccc5c(c4)C(C)(C)c4c-5oc5ccccc45)cc3)c3cccc(-c4ccccc4)c3)ccc21. The minimum absolute atomic E-state index is 0.0419. The van der Waals surface area contributed by atoms with Crippen LogP contribution in [0.15, 0.2) is 168 Å². The second-order valence-electron chi connectivity index (χ2n) is 15.4. The van der Waals surface area contributed by atoms with Gasteiger partial charge >= 0.3 is 0 Å². The van der Waals surface area contributed by atoms with Crippen molar-refractivity contribution in [3.8, 4) is 44.7 Å². The standard InChI is InChI=1S/C50H39NO/c1-49(2)43-19-10-8-17-39(43)42-31-38(26-28-44(42)49)51(37-16-12-15-34(29-37)32-13-6-5-7-14-32)36-24-21-33(22-25-36)35-23-27-40-45(30-35)50(3,4)47-41-18-9-11-20-46(41)52-48(40)47/h5-31H,1-4H3. The molecule has 250 valence electrons. The van der Waals surface area contributed by atoms with Crippen LogP contribution in [0.1, 0.15) is 49.9 Å². The van der Waals surface area contributed by atoms with Gasteiger partial charge < -0.3 is 9.32 Å². The fourth-order valence-corrected chi connectivity index (χ4v) is 8.98. The number of hydrogen-bond donors (Lipinski definition) is 0. The summed E-state index contributed by atoms with van der Waals surface area (Å²) in [6.45, 7) is 9.33. The zero-order valence-corrected chi connectivity index (χ0v) is 29.9. The van der Waals surface area contributed by atoms with Crippen LogP contribution < -0.4 is 4.90 Å². The Labute approximate surface area is 305 Å². The summed E-state index contributed by atoms with van der Waals surface area (Å²) in [4.78, 5) is 2.40. The summed E-state index contributed by atoms with van der Waals surface area (Å²) in [6.07, 6.45) is 0. The van der Waals surface area contributed by atoms with E-state index in [1.54, 1.807) is 0 Å². The molecule has 2 nitrogen and oxygen atoms in total. The van der Waals surface area contributed by atoms with Gasteiger partial charge in [-0.3, -0.25) is 0 Å². The summed E-state index contributed by atoms with van der Waals surface area (Å²) in [5.41, 5.74) is 18.1. The highest BCUT2D eigenvalue weighted by Gasteiger charge is 2.40. The molecule has 0 amide bonds. The highest BCUT2D eigenvalue weighted by atomic mass is 16.3. The van der Waals surface area contributed by atoms with E-state index in [1.807, 2.05) is 6.07 Å². The maximum Gasteiger partial charge on any atom is 0.139 e. The minimum Gasteiger partial charge on any atom is -0.456 e. The molecule has 7 aromatic carbocycles. The lowest BCUT2D eigenvalue weighted by atomic mass is 9.80. The van der Waals surface area contributed by atoms with Crippen LogP contribution in [-0.2, 0) is 10.8 Å². The first-order valence-electron chi connectivity index (χ1n) is 18.3. The van der Waals surface area contributed by atoms with Crippen LogP contribution in [-0.4, -0.2) is 0 Å². The van der Waals surface area contributed by atoms with Crippen molar-refractivity contribution in [3.05, 3.63) is 186 Å². The molecule has 0 N–H and O–H groups in total. The van der Waals surface area contributed by atoms with Crippen molar-refractivity contribution in [1.82, 2.24) is 0 Å². The van der Waals surface area contributed by atoms with Crippen molar-refractivity contribution < 1.29 is 4.42 Å². The molecule has 1 heterocycles. The number of benzene rings is 7. The van der Waals surface area contributed by atoms with Crippen molar-refractivity contribution in [3.63, 3.8) is 0 Å². The van der Waals surface area contributed by atoms with Crippen molar-refractivity contribution in [2.24, 2.45) is 0 Å². The van der Waals surface area contributed by atoms with Crippen molar-refractivity contribution in [2.45, 2.75) is 38.5 Å². The first-order chi connectivity index (χ1) is 25.3. The van der Waals surface area contributed by atoms with Crippen molar-refractivity contribution in [2.75, 3.05) is 4.90 Å². The summed E-state index contributed by atoms with van der Waals surface area (Å²) < 4.78 is 6.43. The smallest absolute Gasteiger partial charge is 0.139 e. The summed E-state index contributed by atoms with van der Waals surface area (Å²) in [6, 6.07) is 59.8. The highest BCUT2D eigenvalue weighted by molar-refractivity contribution is 5.95. The number of fused-ring (bicyclic) bond motifs is 8. The van der Waals surface area contributed by atoms with Crippen LogP contribution >= 0.6 is 0 Å². The molecule has 0 radical (unpaired) electrons. The lowest BCUT2D eigenvalue weighted by molar-refractivity contribution is 0.619. The molecular weight excluding hydrogens is 631 g/mol. The molecule has 0 spiro atoms. The van der Waals surface area contributed by atoms with Crippen LogP contribution in [0.25, 0.3) is 55.7 Å². The topological polar surface area (TPSA) is 16.4 Å². The average Bonchev–Trinajstić information content (AvgIpc) is 3.76. The van der Waals surface area contributed by atoms with Gasteiger partial charge in [0.05, 0.1) is 0 Å². The number of para-hydroxylation sites is 1. The number of hydrogen-bond acceptors (Lipinski definition) is 2. The van der Waals surface area contributed by atoms with E-state index in [4.69, 9.17) is 4.42 Å². The fraction of sp³-hybridized carbons (Fsp3) is 0.120. The molecular formula is C50H39NO. The average molecular weight is 670 g/mol. The number of rotatable bonds is 5. The summed E-state index contributed by atoms with van der Waals surface area (Å²) in [5.74, 6) is 1.01. The molecule has 10 rings (SSSR count). The summed E-state index contributed by atoms with van der Waals surface area (Å²) in [7, 11) is 0. The highest BCUT2D eigenvalue weighted by Crippen LogP contribution is 2.54. The van der Waals surface area contributed by atoms with Gasteiger partial charge in [-0.25, -0.2) is 0 Å². The maximum atomic E-state index is 6.43. The quantitative estimate of drug-likeness (QED) is 0.181. The lowest BCUT2D eigenvalue weighted by Crippen LogP contribution is -2.15. The molecule has 52 heavy (non-hydrogen) atoms. The number of furan rings is 1. The number of nitrogens with zero attached hydrogens (tertiary/aromatic N) is 1. The van der Waals surface area contributed by atoms with Gasteiger partial charge in [0.25, 0.3) is 0 Å². The second kappa shape index (κ2) is 11.2. The molecule has 8 aromatic rings. The third-order valence-electron chi connectivity index (χ3n) is 11.7. The van der Waals surface area contributed by atoms with Crippen LogP contribution in [0.5, 0.6) is 0 Å². The molecule has 0 atom stereocenters. The third-order valence-corrected chi connectivity index (χ3v) is 11.7. The van der Waals surface area contributed by atoms with Gasteiger partial charge in [0.1, 0.15) is 11.3 Å². The Morgan fingerprint density at radius 1 is 0.404 bits per heavy atom. The first kappa shape index (κ1) is 30.7. The first-order valence-corrected chi connectivity index (χ1v) is 18.3. The normalized spacial score (nSPS) is 14.5. The van der Waals surface area contributed by atoms with E-state index in [1.165, 1.54) is 66.6 Å². The molecule has 2 heteroatoms. The van der Waals surface area contributed by atoms with Gasteiger partial charge in [0.2, 0.25) is 0 Å². The molecule has 1 aromatic heterocycles. The van der Waals surface area contributed by atoms with Crippen LogP contribution in [0.4, 0.5) is 17.1 Å². The predicted molar refractivity (Wildman–Crippen MR) is 217 cm³/mol. The van der Waals surface area contributed by atoms with Crippen molar-refractivity contribution in [1.29, 1.82) is 0 Å². The molecule has 0 saturated heterocycles. The lowest BCUT2D eigenvalue weighted by Gasteiger charge is -2.28. The van der Waals surface area contributed by atoms with E-state index in [0.29, 0.717) is 0 Å². The third kappa shape index (κ3) is 4.50. The maximum absolute atomic E-state index is 6.43. The van der Waals surface area contributed by atoms with Crippen LogP contribution in [0.2, 0.25) is 0 Å². The summed E-state index contributed by atoms with van der Waals surface area (Å²) in [5, 5.41) is 1.21. The number of anilines is 3. The van der Waals surface area contributed by atoms with E-state index < -0.39 is 0 Å². The second-order valence-corrected chi connectivity index (χ2v) is 15.4. The fourth-order valence-electron chi connectivity index (χ4n) is 8.98.